The lowest BCUT2D eigenvalue weighted by Crippen LogP contribution is -2.53. The highest BCUT2D eigenvalue weighted by Crippen LogP contribution is 2.54. The van der Waals surface area contributed by atoms with Crippen LogP contribution in [0, 0.1) is 0 Å². The highest BCUT2D eigenvalue weighted by Gasteiger charge is 2.60. The third-order valence-electron chi connectivity index (χ3n) is 8.46. The zero-order valence-corrected chi connectivity index (χ0v) is 18.2. The van der Waals surface area contributed by atoms with E-state index >= 15 is 0 Å². The van der Waals surface area contributed by atoms with Gasteiger partial charge in [-0.1, -0.05) is 30.4 Å². The number of fused-ring (bicyclic) bond motifs is 13. The van der Waals surface area contributed by atoms with E-state index in [4.69, 9.17) is 4.74 Å². The molecule has 3 aliphatic heterocycles. The number of rotatable bonds is 1. The molecule has 7 heteroatoms. The molecule has 8 rings (SSSR count). The molecule has 1 amide bonds. The largest absolute Gasteiger partial charge is 0.393 e. The monoisotopic (exact) mass is 441 g/mol. The van der Waals surface area contributed by atoms with Gasteiger partial charge in [0.2, 0.25) is 0 Å². The molecule has 0 radical (unpaired) electrons. The van der Waals surface area contributed by atoms with Gasteiger partial charge in [0.25, 0.3) is 5.91 Å². The number of benzene rings is 2. The molecule has 2 aromatic heterocycles. The van der Waals surface area contributed by atoms with Crippen LogP contribution in [0.15, 0.2) is 24.3 Å². The number of aliphatic hydroxyl groups excluding tert-OH is 1. The van der Waals surface area contributed by atoms with Crippen LogP contribution < -0.4 is 15.9 Å². The molecule has 1 unspecified atom stereocenters. The molecule has 1 fully saturated rings. The third-order valence-corrected chi connectivity index (χ3v) is 8.46. The Morgan fingerprint density at radius 2 is 2.00 bits per heavy atom. The molecule has 4 aromatic rings. The summed E-state index contributed by atoms with van der Waals surface area (Å²) in [7, 11) is 0. The number of aromatic nitrogens is 2. The summed E-state index contributed by atoms with van der Waals surface area (Å²) in [4.78, 5) is 13.2. The lowest BCUT2D eigenvalue weighted by Gasteiger charge is -2.38. The number of hydrogen-bond acceptors (Lipinski definition) is 4. The van der Waals surface area contributed by atoms with Gasteiger partial charge in [-0.25, -0.2) is 0 Å². The fourth-order valence-electron chi connectivity index (χ4n) is 6.96. The van der Waals surface area contributed by atoms with E-state index in [0.717, 1.165) is 67.2 Å². The lowest BCUT2D eigenvalue weighted by molar-refractivity contribution is -0.190. The van der Waals surface area contributed by atoms with Gasteiger partial charge in [-0.2, -0.15) is 0 Å². The third kappa shape index (κ3) is 1.79. The minimum atomic E-state index is -1.46. The number of carbonyl (C=O) groups excluding carboxylic acids is 1. The summed E-state index contributed by atoms with van der Waals surface area (Å²) < 4.78 is 11.0. The summed E-state index contributed by atoms with van der Waals surface area (Å²) in [5.41, 5.74) is 2.03. The molecular formula is C26H23N3O4. The summed E-state index contributed by atoms with van der Waals surface area (Å²) in [5, 5.41) is 30.4. The quantitative estimate of drug-likeness (QED) is 0.419. The first-order valence-corrected chi connectivity index (χ1v) is 11.6. The predicted molar refractivity (Wildman–Crippen MR) is 124 cm³/mol. The van der Waals surface area contributed by atoms with Gasteiger partial charge in [0.1, 0.15) is 11.8 Å². The maximum atomic E-state index is 13.2. The van der Waals surface area contributed by atoms with Crippen molar-refractivity contribution in [2.24, 2.45) is 0 Å². The van der Waals surface area contributed by atoms with Gasteiger partial charge in [0.05, 0.1) is 28.7 Å². The SMILES string of the molecule is C[C@]12OC(C[C@]1(O)CO)n1c3c(c4c5c(c6c7ccccc7n2c6c41)CNC5=O)=CCCC=3. The van der Waals surface area contributed by atoms with E-state index in [1.54, 1.807) is 0 Å². The van der Waals surface area contributed by atoms with Crippen LogP contribution in [0.3, 0.4) is 0 Å². The van der Waals surface area contributed by atoms with Gasteiger partial charge in [-0.15, -0.1) is 0 Å². The lowest BCUT2D eigenvalue weighted by atomic mass is 9.89. The van der Waals surface area contributed by atoms with Crippen LogP contribution in [0.5, 0.6) is 0 Å². The minimum Gasteiger partial charge on any atom is -0.393 e. The number of ether oxygens (including phenoxy) is 1. The van der Waals surface area contributed by atoms with Crippen molar-refractivity contribution in [3.63, 3.8) is 0 Å². The first kappa shape index (κ1) is 18.3. The number of nitrogens with zero attached hydrogens (tertiary/aromatic N) is 2. The van der Waals surface area contributed by atoms with E-state index < -0.39 is 24.2 Å². The Bertz CT molecular complexity index is 1730. The van der Waals surface area contributed by atoms with Crippen molar-refractivity contribution in [2.45, 2.75) is 50.3 Å². The Morgan fingerprint density at radius 3 is 2.85 bits per heavy atom. The summed E-state index contributed by atoms with van der Waals surface area (Å²) >= 11 is 0. The molecule has 4 aliphatic rings. The van der Waals surface area contributed by atoms with E-state index in [0.29, 0.717) is 6.54 Å². The molecule has 1 aliphatic carbocycles. The van der Waals surface area contributed by atoms with Crippen molar-refractivity contribution in [3.8, 4) is 0 Å². The number of para-hydroxylation sites is 1. The number of amides is 1. The molecule has 3 N–H and O–H groups in total. The topological polar surface area (TPSA) is 88.7 Å². The smallest absolute Gasteiger partial charge is 0.252 e. The molecule has 0 spiro atoms. The van der Waals surface area contributed by atoms with E-state index in [-0.39, 0.29) is 12.3 Å². The van der Waals surface area contributed by atoms with Gasteiger partial charge in [0.15, 0.2) is 5.72 Å². The minimum absolute atomic E-state index is 0.0314. The molecule has 0 saturated carbocycles. The number of nitrogens with one attached hydrogen (secondary N) is 1. The Morgan fingerprint density at radius 1 is 1.18 bits per heavy atom. The van der Waals surface area contributed by atoms with Gasteiger partial charge in [-0.05, 0) is 31.4 Å². The van der Waals surface area contributed by atoms with Crippen LogP contribution in [-0.4, -0.2) is 37.5 Å². The van der Waals surface area contributed by atoms with Crippen molar-refractivity contribution in [1.29, 1.82) is 0 Å². The summed E-state index contributed by atoms with van der Waals surface area (Å²) in [6.07, 6.45) is 6.10. The number of aliphatic hydroxyl groups is 2. The molecule has 166 valence electrons. The zero-order chi connectivity index (χ0) is 22.3. The highest BCUT2D eigenvalue weighted by atomic mass is 16.6. The molecule has 7 nitrogen and oxygen atoms in total. The van der Waals surface area contributed by atoms with Gasteiger partial charge < -0.3 is 29.4 Å². The second-order valence-corrected chi connectivity index (χ2v) is 9.94. The Balaban J connectivity index is 1.78. The Hall–Kier alpha value is -3.13. The summed E-state index contributed by atoms with van der Waals surface area (Å²) in [6, 6.07) is 8.09. The van der Waals surface area contributed by atoms with Crippen LogP contribution in [0.2, 0.25) is 0 Å². The first-order valence-electron chi connectivity index (χ1n) is 11.6. The van der Waals surface area contributed by atoms with Crippen molar-refractivity contribution < 1.29 is 19.7 Å². The molecule has 1 saturated heterocycles. The normalized spacial score (nSPS) is 29.3. The summed E-state index contributed by atoms with van der Waals surface area (Å²) in [5.74, 6) is -0.0314. The van der Waals surface area contributed by atoms with Crippen molar-refractivity contribution in [1.82, 2.24) is 14.5 Å². The van der Waals surface area contributed by atoms with Gasteiger partial charge >= 0.3 is 0 Å². The highest BCUT2D eigenvalue weighted by molar-refractivity contribution is 6.25. The van der Waals surface area contributed by atoms with Crippen molar-refractivity contribution in [3.05, 3.63) is 46.0 Å². The molecule has 2 bridgehead atoms. The average Bonchev–Trinajstić information content (AvgIpc) is 3.51. The average molecular weight is 441 g/mol. The van der Waals surface area contributed by atoms with Crippen molar-refractivity contribution >= 4 is 50.8 Å². The number of carbonyl (C=O) groups is 1. The molecular weight excluding hydrogens is 418 g/mol. The molecule has 2 aromatic carbocycles. The fourth-order valence-corrected chi connectivity index (χ4v) is 6.96. The van der Waals surface area contributed by atoms with E-state index in [1.807, 2.05) is 25.1 Å². The fraction of sp³-hybridized carbons (Fsp3) is 0.346. The standard InChI is InChI=1S/C26H23N3O4/c1-25-26(32,12-30)10-18(33-25)28-16-8-4-2-6-13(16)20-21-15(11-27-24(21)31)19-14-7-3-5-9-17(14)29(25)23(19)22(20)28/h3,5-9,18,30,32H,2,4,10-12H2,1H3,(H,27,31)/t18?,25-,26-/m0/s1. The van der Waals surface area contributed by atoms with E-state index in [1.165, 1.54) is 0 Å². The van der Waals surface area contributed by atoms with Crippen LogP contribution in [-0.2, 0) is 17.0 Å². The van der Waals surface area contributed by atoms with Crippen LogP contribution in [0.4, 0.5) is 0 Å². The molecule has 33 heavy (non-hydrogen) atoms. The Labute approximate surface area is 188 Å². The van der Waals surface area contributed by atoms with Gasteiger partial charge in [-0.3, -0.25) is 4.79 Å². The Kier molecular flexibility index (Phi) is 3.05. The van der Waals surface area contributed by atoms with Gasteiger partial charge in [0, 0.05) is 39.7 Å². The second-order valence-electron chi connectivity index (χ2n) is 9.94. The van der Waals surface area contributed by atoms with Crippen LogP contribution in [0.1, 0.15) is 48.3 Å². The first-order chi connectivity index (χ1) is 16.0. The zero-order valence-electron chi connectivity index (χ0n) is 18.2. The maximum Gasteiger partial charge on any atom is 0.252 e. The van der Waals surface area contributed by atoms with Crippen molar-refractivity contribution in [2.75, 3.05) is 6.61 Å². The molecule has 3 atom stereocenters. The van der Waals surface area contributed by atoms with E-state index in [2.05, 4.69) is 32.7 Å². The maximum absolute atomic E-state index is 13.2. The second kappa shape index (κ2) is 5.50. The predicted octanol–water partition coefficient (Wildman–Crippen LogP) is 1.68. The van der Waals surface area contributed by atoms with Crippen LogP contribution >= 0.6 is 0 Å². The summed E-state index contributed by atoms with van der Waals surface area (Å²) in [6.45, 7) is 1.95. The number of hydrogen-bond donors (Lipinski definition) is 3. The molecule has 5 heterocycles. The van der Waals surface area contributed by atoms with E-state index in [9.17, 15) is 15.0 Å². The van der Waals surface area contributed by atoms with Crippen LogP contribution in [0.25, 0.3) is 44.9 Å².